The number of fused-ring (bicyclic) bond motifs is 2. The van der Waals surface area contributed by atoms with Crippen molar-refractivity contribution in [3.8, 4) is 11.6 Å². The van der Waals surface area contributed by atoms with Gasteiger partial charge >= 0.3 is 0 Å². The number of carbonyl (C=O) groups is 1. The number of pyridine rings is 1. The number of nitrogens with zero attached hydrogens (tertiary/aromatic N) is 5. The zero-order chi connectivity index (χ0) is 21.5. The fourth-order valence-electron chi connectivity index (χ4n) is 4.87. The Labute approximate surface area is 185 Å². The summed E-state index contributed by atoms with van der Waals surface area (Å²) in [6.45, 7) is 2.75. The number of likely N-dealkylation sites (tertiary alicyclic amines) is 1. The number of hydrogen-bond acceptors (Lipinski definition) is 6. The van der Waals surface area contributed by atoms with Crippen molar-refractivity contribution < 1.29 is 9.21 Å². The quantitative estimate of drug-likeness (QED) is 0.493. The second-order valence-corrected chi connectivity index (χ2v) is 8.49. The molecule has 0 unspecified atom stereocenters. The van der Waals surface area contributed by atoms with Crippen molar-refractivity contribution in [3.63, 3.8) is 0 Å². The summed E-state index contributed by atoms with van der Waals surface area (Å²) in [5.41, 5.74) is 3.29. The first-order chi connectivity index (χ1) is 15.8. The van der Waals surface area contributed by atoms with Gasteiger partial charge in [-0.3, -0.25) is 14.7 Å². The van der Waals surface area contributed by atoms with Crippen LogP contribution in [0.25, 0.3) is 22.4 Å². The minimum absolute atomic E-state index is 0.114. The largest absolute Gasteiger partial charge is 0.417 e. The molecule has 2 aromatic carbocycles. The Morgan fingerprint density at radius 1 is 1.00 bits per heavy atom. The third-order valence-corrected chi connectivity index (χ3v) is 6.44. The van der Waals surface area contributed by atoms with Gasteiger partial charge in [0.15, 0.2) is 0 Å². The van der Waals surface area contributed by atoms with Crippen LogP contribution in [0, 0.1) is 0 Å². The number of amides is 1. The Morgan fingerprint density at radius 2 is 1.78 bits per heavy atom. The molecule has 0 bridgehead atoms. The van der Waals surface area contributed by atoms with Gasteiger partial charge in [-0.1, -0.05) is 48.5 Å². The smallest absolute Gasteiger partial charge is 0.267 e. The molecule has 32 heavy (non-hydrogen) atoms. The Kier molecular flexibility index (Phi) is 4.69. The van der Waals surface area contributed by atoms with Crippen LogP contribution in [-0.4, -0.2) is 44.0 Å². The van der Waals surface area contributed by atoms with Gasteiger partial charge in [-0.2, -0.15) is 0 Å². The maximum Gasteiger partial charge on any atom is 0.267 e. The summed E-state index contributed by atoms with van der Waals surface area (Å²) in [6, 6.07) is 18.2. The molecule has 1 atom stereocenters. The van der Waals surface area contributed by atoms with Crippen molar-refractivity contribution >= 4 is 16.7 Å². The molecule has 0 saturated carbocycles. The number of carbonyl (C=O) groups excluding carboxylic acids is 1. The summed E-state index contributed by atoms with van der Waals surface area (Å²) in [4.78, 5) is 21.7. The summed E-state index contributed by atoms with van der Waals surface area (Å²) in [5, 5.41) is 10.6. The molecule has 7 heteroatoms. The van der Waals surface area contributed by atoms with E-state index >= 15 is 0 Å². The lowest BCUT2D eigenvalue weighted by atomic mass is 10.1. The van der Waals surface area contributed by atoms with Crippen LogP contribution >= 0.6 is 0 Å². The van der Waals surface area contributed by atoms with Gasteiger partial charge in [0.25, 0.3) is 5.89 Å². The topological polar surface area (TPSA) is 75.4 Å². The second kappa shape index (κ2) is 7.84. The number of hydrogen-bond donors (Lipinski definition) is 0. The van der Waals surface area contributed by atoms with Crippen molar-refractivity contribution in [2.45, 2.75) is 32.0 Å². The SMILES string of the molecule is O=C(CN1Cc2ccccc2C1)N1CCC[C@@H]1c1nnc(-c2nccc3ccccc23)o1. The van der Waals surface area contributed by atoms with Crippen molar-refractivity contribution in [2.24, 2.45) is 0 Å². The standard InChI is InChI=1S/C25H23N5O2/c31-22(16-29-14-18-7-1-2-8-19(18)15-29)30-13-5-10-21(30)24-27-28-25(32-24)23-20-9-4-3-6-17(20)11-12-26-23/h1-4,6-9,11-12,21H,5,10,13-16H2/t21-/m1/s1. The fraction of sp³-hybridized carbons (Fsp3) is 0.280. The van der Waals surface area contributed by atoms with E-state index in [0.717, 1.165) is 36.7 Å². The van der Waals surface area contributed by atoms with Crippen LogP contribution < -0.4 is 0 Å². The lowest BCUT2D eigenvalue weighted by molar-refractivity contribution is -0.133. The first-order valence-electron chi connectivity index (χ1n) is 11.0. The molecule has 1 amide bonds. The van der Waals surface area contributed by atoms with Crippen LogP contribution in [-0.2, 0) is 17.9 Å². The maximum atomic E-state index is 13.2. The molecule has 0 radical (unpaired) electrons. The van der Waals surface area contributed by atoms with Crippen LogP contribution in [0.4, 0.5) is 0 Å². The van der Waals surface area contributed by atoms with E-state index in [2.05, 4.69) is 44.3 Å². The molecule has 1 fully saturated rings. The highest BCUT2D eigenvalue weighted by atomic mass is 16.4. The average molecular weight is 425 g/mol. The molecular formula is C25H23N5O2. The van der Waals surface area contributed by atoms with Gasteiger partial charge in [0.2, 0.25) is 11.8 Å². The number of aromatic nitrogens is 3. The van der Waals surface area contributed by atoms with E-state index in [1.165, 1.54) is 11.1 Å². The fourth-order valence-corrected chi connectivity index (χ4v) is 4.87. The normalized spacial score (nSPS) is 18.4. The molecule has 2 aliphatic heterocycles. The zero-order valence-corrected chi connectivity index (χ0v) is 17.6. The third kappa shape index (κ3) is 3.35. The van der Waals surface area contributed by atoms with Crippen LogP contribution in [0.3, 0.4) is 0 Å². The minimum Gasteiger partial charge on any atom is -0.417 e. The van der Waals surface area contributed by atoms with Crippen LogP contribution in [0.1, 0.15) is 35.9 Å². The lowest BCUT2D eigenvalue weighted by Crippen LogP contribution is -2.38. The molecular weight excluding hydrogens is 402 g/mol. The number of rotatable bonds is 4. The molecule has 0 spiro atoms. The van der Waals surface area contributed by atoms with Crippen molar-refractivity contribution in [3.05, 3.63) is 77.8 Å². The third-order valence-electron chi connectivity index (χ3n) is 6.44. The summed E-state index contributed by atoms with van der Waals surface area (Å²) in [7, 11) is 0. The minimum atomic E-state index is -0.177. The molecule has 1 saturated heterocycles. The van der Waals surface area contributed by atoms with Gasteiger partial charge in [-0.25, -0.2) is 0 Å². The van der Waals surface area contributed by atoms with E-state index in [1.807, 2.05) is 35.2 Å². The maximum absolute atomic E-state index is 13.2. The highest BCUT2D eigenvalue weighted by Gasteiger charge is 2.35. The summed E-state index contributed by atoms with van der Waals surface area (Å²) < 4.78 is 6.07. The molecule has 4 aromatic rings. The van der Waals surface area contributed by atoms with Gasteiger partial charge in [0.1, 0.15) is 11.7 Å². The Morgan fingerprint density at radius 3 is 2.62 bits per heavy atom. The predicted molar refractivity (Wildman–Crippen MR) is 119 cm³/mol. The summed E-state index contributed by atoms with van der Waals surface area (Å²) in [5.74, 6) is 1.000. The van der Waals surface area contributed by atoms with Gasteiger partial charge in [-0.05, 0) is 35.4 Å². The van der Waals surface area contributed by atoms with E-state index in [9.17, 15) is 4.79 Å². The van der Waals surface area contributed by atoms with Gasteiger partial charge in [0, 0.05) is 31.2 Å². The molecule has 2 aliphatic rings. The molecule has 4 heterocycles. The number of benzene rings is 2. The van der Waals surface area contributed by atoms with Crippen LogP contribution in [0.5, 0.6) is 0 Å². The van der Waals surface area contributed by atoms with Crippen LogP contribution in [0.15, 0.2) is 65.2 Å². The lowest BCUT2D eigenvalue weighted by Gasteiger charge is -2.24. The highest BCUT2D eigenvalue weighted by molar-refractivity contribution is 5.92. The molecule has 160 valence electrons. The van der Waals surface area contributed by atoms with Gasteiger partial charge < -0.3 is 9.32 Å². The van der Waals surface area contributed by atoms with Gasteiger partial charge in [0.05, 0.1) is 6.54 Å². The molecule has 7 nitrogen and oxygen atoms in total. The van der Waals surface area contributed by atoms with E-state index < -0.39 is 0 Å². The summed E-state index contributed by atoms with van der Waals surface area (Å²) in [6.07, 6.45) is 3.51. The zero-order valence-electron chi connectivity index (χ0n) is 17.6. The predicted octanol–water partition coefficient (Wildman–Crippen LogP) is 3.96. The Hall–Kier alpha value is -3.58. The first kappa shape index (κ1) is 19.1. The first-order valence-corrected chi connectivity index (χ1v) is 11.0. The van der Waals surface area contributed by atoms with E-state index in [1.54, 1.807) is 6.20 Å². The summed E-state index contributed by atoms with van der Waals surface area (Å²) >= 11 is 0. The molecule has 2 aromatic heterocycles. The monoisotopic (exact) mass is 425 g/mol. The van der Waals surface area contributed by atoms with Crippen molar-refractivity contribution in [1.29, 1.82) is 0 Å². The van der Waals surface area contributed by atoms with E-state index in [-0.39, 0.29) is 11.9 Å². The van der Waals surface area contributed by atoms with E-state index in [4.69, 9.17) is 4.42 Å². The highest BCUT2D eigenvalue weighted by Crippen LogP contribution is 2.34. The van der Waals surface area contributed by atoms with Gasteiger partial charge in [-0.15, -0.1) is 10.2 Å². The van der Waals surface area contributed by atoms with Crippen LogP contribution in [0.2, 0.25) is 0 Å². The molecule has 0 N–H and O–H groups in total. The average Bonchev–Trinajstić information content (AvgIpc) is 3.57. The molecule has 0 aliphatic carbocycles. The molecule has 6 rings (SSSR count). The second-order valence-electron chi connectivity index (χ2n) is 8.49. The van der Waals surface area contributed by atoms with Crippen molar-refractivity contribution in [1.82, 2.24) is 25.0 Å². The van der Waals surface area contributed by atoms with Crippen molar-refractivity contribution in [2.75, 3.05) is 13.1 Å². The Balaban J connectivity index is 1.21. The Bertz CT molecular complexity index is 1270. The van der Waals surface area contributed by atoms with E-state index in [0.29, 0.717) is 30.6 Å².